The largest absolute Gasteiger partial charge is 0.405 e. The van der Waals surface area contributed by atoms with Gasteiger partial charge in [0, 0.05) is 6.04 Å². The lowest BCUT2D eigenvalue weighted by atomic mass is 9.85. The number of halogens is 3. The van der Waals surface area contributed by atoms with E-state index in [1.165, 1.54) is 11.8 Å². The number of rotatable bonds is 2. The predicted molar refractivity (Wildman–Crippen MR) is 62.7 cm³/mol. The maximum absolute atomic E-state index is 13.0. The molecule has 0 radical (unpaired) electrons. The quantitative estimate of drug-likeness (QED) is 0.819. The molecule has 2 N–H and O–H groups in total. The summed E-state index contributed by atoms with van der Waals surface area (Å²) in [6.07, 6.45) is -1.64. The van der Waals surface area contributed by atoms with Crippen molar-refractivity contribution in [2.75, 3.05) is 13.1 Å². The first-order valence-electron chi connectivity index (χ1n) is 6.20. The molecule has 1 aliphatic rings. The minimum Gasteiger partial charge on any atom is -0.326 e. The van der Waals surface area contributed by atoms with Crippen molar-refractivity contribution in [3.05, 3.63) is 0 Å². The van der Waals surface area contributed by atoms with Crippen LogP contribution in [0.3, 0.4) is 0 Å². The Morgan fingerprint density at radius 3 is 2.24 bits per heavy atom. The van der Waals surface area contributed by atoms with Gasteiger partial charge in [0.2, 0.25) is 0 Å². The first-order valence-corrected chi connectivity index (χ1v) is 6.20. The van der Waals surface area contributed by atoms with E-state index in [-0.39, 0.29) is 5.41 Å². The van der Waals surface area contributed by atoms with Gasteiger partial charge in [-0.2, -0.15) is 13.2 Å². The number of alkyl halides is 3. The second-order valence-electron chi connectivity index (χ2n) is 5.90. The molecule has 102 valence electrons. The zero-order valence-electron chi connectivity index (χ0n) is 10.8. The molecule has 0 bridgehead atoms. The molecule has 17 heavy (non-hydrogen) atoms. The molecule has 1 fully saturated rings. The van der Waals surface area contributed by atoms with E-state index < -0.39 is 18.3 Å². The van der Waals surface area contributed by atoms with Crippen molar-refractivity contribution in [3.63, 3.8) is 0 Å². The van der Waals surface area contributed by atoms with Gasteiger partial charge in [-0.3, -0.25) is 4.90 Å². The normalized spacial score (nSPS) is 26.3. The summed E-state index contributed by atoms with van der Waals surface area (Å²) in [5.41, 5.74) is 5.65. The lowest BCUT2D eigenvalue weighted by molar-refractivity contribution is -0.188. The van der Waals surface area contributed by atoms with Gasteiger partial charge < -0.3 is 5.73 Å². The summed E-state index contributed by atoms with van der Waals surface area (Å²) in [5.74, 6) is 0. The topological polar surface area (TPSA) is 29.3 Å². The number of hydrogen-bond acceptors (Lipinski definition) is 2. The fraction of sp³-hybridized carbons (Fsp3) is 1.00. The molecule has 0 aliphatic carbocycles. The molecule has 2 unspecified atom stereocenters. The predicted octanol–water partition coefficient (Wildman–Crippen LogP) is 2.78. The number of hydrogen-bond donors (Lipinski definition) is 1. The molecule has 2 atom stereocenters. The van der Waals surface area contributed by atoms with Crippen LogP contribution in [0, 0.1) is 5.41 Å². The summed E-state index contributed by atoms with van der Waals surface area (Å²) >= 11 is 0. The average molecular weight is 252 g/mol. The Morgan fingerprint density at radius 1 is 1.18 bits per heavy atom. The molecule has 0 spiro atoms. The van der Waals surface area contributed by atoms with E-state index in [0.717, 1.165) is 19.3 Å². The lowest BCUT2D eigenvalue weighted by Gasteiger charge is -2.35. The van der Waals surface area contributed by atoms with E-state index in [2.05, 4.69) is 13.8 Å². The highest BCUT2D eigenvalue weighted by atomic mass is 19.4. The zero-order chi connectivity index (χ0) is 13.3. The molecule has 1 aliphatic heterocycles. The standard InChI is InChI=1S/C12H23F3N2/c1-9(16)10(12(13,14)15)17-7-4-5-11(2,3)6-8-17/h9-10H,4-8,16H2,1-3H3. The Morgan fingerprint density at radius 2 is 1.76 bits per heavy atom. The van der Waals surface area contributed by atoms with E-state index in [9.17, 15) is 13.2 Å². The molecular formula is C12H23F3N2. The number of nitrogens with zero attached hydrogens (tertiary/aromatic N) is 1. The molecule has 1 heterocycles. The molecule has 2 nitrogen and oxygen atoms in total. The minimum absolute atomic E-state index is 0.142. The Balaban J connectivity index is 2.76. The first-order chi connectivity index (χ1) is 7.63. The van der Waals surface area contributed by atoms with E-state index in [0.29, 0.717) is 13.1 Å². The van der Waals surface area contributed by atoms with E-state index in [1.54, 1.807) is 0 Å². The van der Waals surface area contributed by atoms with Crippen LogP contribution in [-0.4, -0.2) is 36.2 Å². The van der Waals surface area contributed by atoms with Crippen LogP contribution in [-0.2, 0) is 0 Å². The monoisotopic (exact) mass is 252 g/mol. The van der Waals surface area contributed by atoms with Gasteiger partial charge in [0.15, 0.2) is 0 Å². The van der Waals surface area contributed by atoms with Gasteiger partial charge in [0.1, 0.15) is 6.04 Å². The van der Waals surface area contributed by atoms with Crippen molar-refractivity contribution in [1.82, 2.24) is 4.90 Å². The van der Waals surface area contributed by atoms with Gasteiger partial charge in [0.05, 0.1) is 0 Å². The summed E-state index contributed by atoms with van der Waals surface area (Å²) in [6, 6.07) is -2.38. The molecule has 5 heteroatoms. The fourth-order valence-corrected chi connectivity index (χ4v) is 2.56. The van der Waals surface area contributed by atoms with E-state index >= 15 is 0 Å². The summed E-state index contributed by atoms with van der Waals surface area (Å²) in [6.45, 7) is 6.65. The molecule has 0 amide bonds. The minimum atomic E-state index is -4.23. The van der Waals surface area contributed by atoms with Crippen LogP contribution in [0.2, 0.25) is 0 Å². The number of likely N-dealkylation sites (tertiary alicyclic amines) is 1. The van der Waals surface area contributed by atoms with Crippen molar-refractivity contribution in [3.8, 4) is 0 Å². The van der Waals surface area contributed by atoms with Gasteiger partial charge in [-0.05, 0) is 44.7 Å². The summed E-state index contributed by atoms with van der Waals surface area (Å²) in [4.78, 5) is 1.51. The third-order valence-corrected chi connectivity index (χ3v) is 3.60. The third kappa shape index (κ3) is 4.14. The highest BCUT2D eigenvalue weighted by Gasteiger charge is 2.46. The van der Waals surface area contributed by atoms with Crippen LogP contribution in [0.25, 0.3) is 0 Å². The van der Waals surface area contributed by atoms with Crippen molar-refractivity contribution in [2.24, 2.45) is 11.1 Å². The first kappa shape index (κ1) is 14.8. The second kappa shape index (κ2) is 5.14. The Hall–Kier alpha value is -0.290. The highest BCUT2D eigenvalue weighted by Crippen LogP contribution is 2.34. The molecule has 0 aromatic carbocycles. The van der Waals surface area contributed by atoms with Crippen molar-refractivity contribution < 1.29 is 13.2 Å². The van der Waals surface area contributed by atoms with Crippen molar-refractivity contribution in [2.45, 2.75) is 58.3 Å². The van der Waals surface area contributed by atoms with E-state index in [4.69, 9.17) is 5.73 Å². The molecule has 0 saturated carbocycles. The summed E-state index contributed by atoms with van der Waals surface area (Å²) in [7, 11) is 0. The molecule has 1 saturated heterocycles. The van der Waals surface area contributed by atoms with Crippen LogP contribution in [0.4, 0.5) is 13.2 Å². The van der Waals surface area contributed by atoms with Crippen LogP contribution in [0.1, 0.15) is 40.0 Å². The smallest absolute Gasteiger partial charge is 0.326 e. The van der Waals surface area contributed by atoms with Gasteiger partial charge in [-0.15, -0.1) is 0 Å². The van der Waals surface area contributed by atoms with Gasteiger partial charge in [0.25, 0.3) is 0 Å². The molecule has 1 rings (SSSR count). The molecule has 0 aromatic rings. The van der Waals surface area contributed by atoms with Crippen LogP contribution in [0.15, 0.2) is 0 Å². The lowest BCUT2D eigenvalue weighted by Crippen LogP contribution is -2.55. The Labute approximate surface area is 101 Å². The van der Waals surface area contributed by atoms with E-state index in [1.807, 2.05) is 0 Å². The summed E-state index contributed by atoms with van der Waals surface area (Å²) < 4.78 is 38.9. The average Bonchev–Trinajstić information content (AvgIpc) is 2.25. The van der Waals surface area contributed by atoms with Crippen molar-refractivity contribution >= 4 is 0 Å². The van der Waals surface area contributed by atoms with Gasteiger partial charge in [-0.25, -0.2) is 0 Å². The second-order valence-corrected chi connectivity index (χ2v) is 5.90. The Kier molecular flexibility index (Phi) is 4.47. The fourth-order valence-electron chi connectivity index (χ4n) is 2.56. The maximum atomic E-state index is 13.0. The molecule has 0 aromatic heterocycles. The zero-order valence-corrected chi connectivity index (χ0v) is 10.8. The number of nitrogens with two attached hydrogens (primary N) is 1. The van der Waals surface area contributed by atoms with Crippen LogP contribution in [0.5, 0.6) is 0 Å². The Bertz CT molecular complexity index is 249. The maximum Gasteiger partial charge on any atom is 0.405 e. The van der Waals surface area contributed by atoms with Gasteiger partial charge in [-0.1, -0.05) is 13.8 Å². The third-order valence-electron chi connectivity index (χ3n) is 3.60. The van der Waals surface area contributed by atoms with Crippen LogP contribution < -0.4 is 5.73 Å². The highest BCUT2D eigenvalue weighted by molar-refractivity contribution is 4.88. The van der Waals surface area contributed by atoms with Gasteiger partial charge >= 0.3 is 6.18 Å². The SMILES string of the molecule is CC(N)C(N1CCCC(C)(C)CC1)C(F)(F)F. The summed E-state index contributed by atoms with van der Waals surface area (Å²) in [5, 5.41) is 0. The van der Waals surface area contributed by atoms with Crippen molar-refractivity contribution in [1.29, 1.82) is 0 Å². The van der Waals surface area contributed by atoms with Crippen LogP contribution >= 0.6 is 0 Å². The molecular weight excluding hydrogens is 229 g/mol.